The Hall–Kier alpha value is -4.42. The van der Waals surface area contributed by atoms with Crippen molar-refractivity contribution in [2.75, 3.05) is 10.6 Å². The van der Waals surface area contributed by atoms with Crippen LogP contribution < -0.4 is 16.2 Å². The lowest BCUT2D eigenvalue weighted by molar-refractivity contribution is 0.262. The van der Waals surface area contributed by atoms with Crippen molar-refractivity contribution in [3.8, 4) is 11.1 Å². The second-order valence-corrected chi connectivity index (χ2v) is 8.87. The average Bonchev–Trinajstić information content (AvgIpc) is 2.89. The number of nitrogens with zero attached hydrogens (tertiary/aromatic N) is 2. The SMILES string of the molecule is Cc1nc2ccc(NC(=O)Nc3ccc(Cl)cc3)cc2c(=O)n1Cc1ccc(-c2ccccc2)cc1. The molecule has 0 radical (unpaired) electrons. The van der Waals surface area contributed by atoms with Crippen molar-refractivity contribution in [2.45, 2.75) is 13.5 Å². The Bertz CT molecular complexity index is 1600. The fourth-order valence-electron chi connectivity index (χ4n) is 4.04. The van der Waals surface area contributed by atoms with Crippen LogP contribution in [0.5, 0.6) is 0 Å². The van der Waals surface area contributed by atoms with Crippen LogP contribution in [-0.4, -0.2) is 15.6 Å². The van der Waals surface area contributed by atoms with Gasteiger partial charge < -0.3 is 10.6 Å². The summed E-state index contributed by atoms with van der Waals surface area (Å²) in [5.41, 5.74) is 4.78. The Morgan fingerprint density at radius 3 is 2.19 bits per heavy atom. The Kier molecular flexibility index (Phi) is 6.52. The fourth-order valence-corrected chi connectivity index (χ4v) is 4.16. The zero-order chi connectivity index (χ0) is 25.1. The number of amides is 2. The molecule has 1 heterocycles. The number of urea groups is 1. The number of rotatable bonds is 5. The summed E-state index contributed by atoms with van der Waals surface area (Å²) in [6, 6.07) is 29.8. The molecule has 7 heteroatoms. The first-order valence-corrected chi connectivity index (χ1v) is 11.8. The predicted octanol–water partition coefficient (Wildman–Crippen LogP) is 6.72. The molecule has 0 saturated carbocycles. The van der Waals surface area contributed by atoms with Crippen molar-refractivity contribution >= 4 is 39.9 Å². The summed E-state index contributed by atoms with van der Waals surface area (Å²) in [6.07, 6.45) is 0. The van der Waals surface area contributed by atoms with Crippen LogP contribution in [0.4, 0.5) is 16.2 Å². The van der Waals surface area contributed by atoms with E-state index in [4.69, 9.17) is 11.6 Å². The molecule has 5 aromatic rings. The summed E-state index contributed by atoms with van der Waals surface area (Å²) in [5, 5.41) is 6.53. The molecule has 178 valence electrons. The van der Waals surface area contributed by atoms with Gasteiger partial charge in [0.15, 0.2) is 0 Å². The molecule has 0 fully saturated rings. The quantitative estimate of drug-likeness (QED) is 0.285. The highest BCUT2D eigenvalue weighted by atomic mass is 35.5. The summed E-state index contributed by atoms with van der Waals surface area (Å²) >= 11 is 5.89. The van der Waals surface area contributed by atoms with Gasteiger partial charge in [0.1, 0.15) is 5.82 Å². The first kappa shape index (κ1) is 23.3. The van der Waals surface area contributed by atoms with E-state index >= 15 is 0 Å². The van der Waals surface area contributed by atoms with E-state index in [-0.39, 0.29) is 5.56 Å². The minimum Gasteiger partial charge on any atom is -0.308 e. The molecule has 0 aliphatic rings. The van der Waals surface area contributed by atoms with Crippen LogP contribution in [0, 0.1) is 6.92 Å². The van der Waals surface area contributed by atoms with Crippen LogP contribution in [0.25, 0.3) is 22.0 Å². The molecular weight excluding hydrogens is 472 g/mol. The molecule has 0 aliphatic heterocycles. The smallest absolute Gasteiger partial charge is 0.308 e. The molecule has 0 spiro atoms. The topological polar surface area (TPSA) is 76.0 Å². The van der Waals surface area contributed by atoms with Crippen LogP contribution in [0.3, 0.4) is 0 Å². The molecule has 2 amide bonds. The standard InChI is InChI=1S/C29H23ClN4O2/c1-19-31-27-16-15-25(33-29(36)32-24-13-11-23(30)12-14-24)17-26(27)28(35)34(19)18-20-7-9-22(10-8-20)21-5-3-2-4-6-21/h2-17H,18H2,1H3,(H2,32,33,36). The number of nitrogens with one attached hydrogen (secondary N) is 2. The van der Waals surface area contributed by atoms with Gasteiger partial charge in [0.05, 0.1) is 17.4 Å². The van der Waals surface area contributed by atoms with Gasteiger partial charge in [0.2, 0.25) is 0 Å². The molecule has 0 saturated heterocycles. The maximum atomic E-state index is 13.4. The number of fused-ring (bicyclic) bond motifs is 1. The first-order valence-electron chi connectivity index (χ1n) is 11.5. The molecule has 36 heavy (non-hydrogen) atoms. The Balaban J connectivity index is 1.37. The van der Waals surface area contributed by atoms with Crippen molar-refractivity contribution in [2.24, 2.45) is 0 Å². The van der Waals surface area contributed by atoms with Gasteiger partial charge in [-0.2, -0.15) is 0 Å². The summed E-state index contributed by atoms with van der Waals surface area (Å²) in [5.74, 6) is 0.626. The van der Waals surface area contributed by atoms with E-state index in [1.165, 1.54) is 0 Å². The van der Waals surface area contributed by atoms with Crippen molar-refractivity contribution < 1.29 is 4.79 Å². The largest absolute Gasteiger partial charge is 0.323 e. The van der Waals surface area contributed by atoms with E-state index in [0.717, 1.165) is 16.7 Å². The number of aryl methyl sites for hydroxylation is 1. The van der Waals surface area contributed by atoms with E-state index in [1.54, 1.807) is 47.0 Å². The highest BCUT2D eigenvalue weighted by Crippen LogP contribution is 2.21. The number of carbonyl (C=O) groups excluding carboxylic acids is 1. The Morgan fingerprint density at radius 2 is 1.47 bits per heavy atom. The zero-order valence-electron chi connectivity index (χ0n) is 19.5. The summed E-state index contributed by atoms with van der Waals surface area (Å²) in [4.78, 5) is 30.4. The van der Waals surface area contributed by atoms with Crippen molar-refractivity contribution in [1.82, 2.24) is 9.55 Å². The van der Waals surface area contributed by atoms with Crippen molar-refractivity contribution in [3.05, 3.63) is 124 Å². The van der Waals surface area contributed by atoms with E-state index < -0.39 is 6.03 Å². The highest BCUT2D eigenvalue weighted by molar-refractivity contribution is 6.30. The second kappa shape index (κ2) is 10.1. The number of benzene rings is 4. The molecule has 4 aromatic carbocycles. The zero-order valence-corrected chi connectivity index (χ0v) is 20.3. The van der Waals surface area contributed by atoms with Gasteiger partial charge in [-0.25, -0.2) is 9.78 Å². The predicted molar refractivity (Wildman–Crippen MR) is 146 cm³/mol. The Labute approximate surface area is 213 Å². The highest BCUT2D eigenvalue weighted by Gasteiger charge is 2.11. The molecule has 0 atom stereocenters. The minimum atomic E-state index is -0.421. The Morgan fingerprint density at radius 1 is 0.833 bits per heavy atom. The first-order chi connectivity index (χ1) is 17.5. The number of carbonyl (C=O) groups is 1. The number of hydrogen-bond donors (Lipinski definition) is 2. The molecule has 6 nitrogen and oxygen atoms in total. The maximum Gasteiger partial charge on any atom is 0.323 e. The average molecular weight is 495 g/mol. The third kappa shape index (κ3) is 5.14. The summed E-state index contributed by atoms with van der Waals surface area (Å²) in [7, 11) is 0. The van der Waals surface area contributed by atoms with E-state index in [2.05, 4.69) is 39.9 Å². The lowest BCUT2D eigenvalue weighted by Crippen LogP contribution is -2.25. The number of aromatic nitrogens is 2. The van der Waals surface area contributed by atoms with Crippen LogP contribution in [0.1, 0.15) is 11.4 Å². The third-order valence-corrected chi connectivity index (χ3v) is 6.16. The number of hydrogen-bond acceptors (Lipinski definition) is 3. The van der Waals surface area contributed by atoms with Gasteiger partial charge in [-0.1, -0.05) is 66.2 Å². The molecule has 2 N–H and O–H groups in total. The summed E-state index contributed by atoms with van der Waals surface area (Å²) < 4.78 is 1.65. The lowest BCUT2D eigenvalue weighted by atomic mass is 10.0. The van der Waals surface area contributed by atoms with Gasteiger partial charge >= 0.3 is 6.03 Å². The van der Waals surface area contributed by atoms with Crippen LogP contribution >= 0.6 is 11.6 Å². The van der Waals surface area contributed by atoms with Crippen LogP contribution in [-0.2, 0) is 6.54 Å². The number of halogens is 1. The second-order valence-electron chi connectivity index (χ2n) is 8.43. The molecule has 0 bridgehead atoms. The maximum absolute atomic E-state index is 13.4. The third-order valence-electron chi connectivity index (χ3n) is 5.91. The molecule has 0 aliphatic carbocycles. The van der Waals surface area contributed by atoms with Gasteiger partial charge in [-0.3, -0.25) is 9.36 Å². The van der Waals surface area contributed by atoms with Gasteiger partial charge in [-0.05, 0) is 66.1 Å². The van der Waals surface area contributed by atoms with Crippen molar-refractivity contribution in [3.63, 3.8) is 0 Å². The van der Waals surface area contributed by atoms with Crippen LogP contribution in [0.2, 0.25) is 5.02 Å². The molecule has 0 unspecified atom stereocenters. The minimum absolute atomic E-state index is 0.161. The molecule has 5 rings (SSSR count). The van der Waals surface area contributed by atoms with Crippen LogP contribution in [0.15, 0.2) is 102 Å². The summed E-state index contributed by atoms with van der Waals surface area (Å²) in [6.45, 7) is 2.22. The molecular formula is C29H23ClN4O2. The molecule has 1 aromatic heterocycles. The van der Waals surface area contributed by atoms with Crippen molar-refractivity contribution in [1.29, 1.82) is 0 Å². The van der Waals surface area contributed by atoms with E-state index in [1.807, 2.05) is 37.3 Å². The lowest BCUT2D eigenvalue weighted by Gasteiger charge is -2.13. The fraction of sp³-hybridized carbons (Fsp3) is 0.0690. The van der Waals surface area contributed by atoms with E-state index in [9.17, 15) is 9.59 Å². The van der Waals surface area contributed by atoms with E-state index in [0.29, 0.717) is 39.7 Å². The number of anilines is 2. The monoisotopic (exact) mass is 494 g/mol. The normalized spacial score (nSPS) is 10.8. The van der Waals surface area contributed by atoms with Gasteiger partial charge in [0, 0.05) is 16.4 Å². The van der Waals surface area contributed by atoms with Gasteiger partial charge in [0.25, 0.3) is 5.56 Å². The van der Waals surface area contributed by atoms with Gasteiger partial charge in [-0.15, -0.1) is 0 Å².